The lowest BCUT2D eigenvalue weighted by Crippen LogP contribution is -2.13. The van der Waals surface area contributed by atoms with Crippen LogP contribution in [0.15, 0.2) is 82.0 Å². The van der Waals surface area contributed by atoms with Crippen LogP contribution in [0.3, 0.4) is 0 Å². The van der Waals surface area contributed by atoms with Gasteiger partial charge in [0.15, 0.2) is 0 Å². The van der Waals surface area contributed by atoms with Crippen molar-refractivity contribution in [2.45, 2.75) is 13.5 Å². The van der Waals surface area contributed by atoms with Crippen LogP contribution in [-0.2, 0) is 6.61 Å². The van der Waals surface area contributed by atoms with E-state index in [0.717, 1.165) is 16.5 Å². The second-order valence-corrected chi connectivity index (χ2v) is 7.12. The Morgan fingerprint density at radius 2 is 1.81 bits per heavy atom. The van der Waals surface area contributed by atoms with Crippen LogP contribution in [0.4, 0.5) is 11.4 Å². The minimum atomic E-state index is -0.546. The Kier molecular flexibility index (Phi) is 5.67. The van der Waals surface area contributed by atoms with E-state index in [1.807, 2.05) is 13.0 Å². The van der Waals surface area contributed by atoms with Crippen molar-refractivity contribution in [3.63, 3.8) is 0 Å². The topological polar surface area (TPSA) is 112 Å². The first kappa shape index (κ1) is 20.8. The highest BCUT2D eigenvalue weighted by Gasteiger charge is 2.15. The maximum atomic E-state index is 12.5. The van der Waals surface area contributed by atoms with E-state index in [2.05, 4.69) is 5.32 Å². The lowest BCUT2D eigenvalue weighted by Gasteiger charge is -2.09. The molecule has 0 spiro atoms. The minimum absolute atomic E-state index is 0.133. The maximum absolute atomic E-state index is 12.5. The van der Waals surface area contributed by atoms with Gasteiger partial charge in [-0.3, -0.25) is 14.9 Å². The maximum Gasteiger partial charge on any atom is 0.336 e. The SMILES string of the molecule is Cc1cc(=O)oc2cc(OCc3ccc(C(=O)Nc4ccccc4[N+](=O)[O-])cc3)ccc12. The number of hydrogen-bond acceptors (Lipinski definition) is 6. The van der Waals surface area contributed by atoms with Crippen LogP contribution in [0.25, 0.3) is 11.0 Å². The first-order valence-corrected chi connectivity index (χ1v) is 9.72. The molecular formula is C24H18N2O6. The zero-order valence-electron chi connectivity index (χ0n) is 17.0. The molecule has 0 radical (unpaired) electrons. The van der Waals surface area contributed by atoms with Crippen molar-refractivity contribution in [2.24, 2.45) is 0 Å². The predicted molar refractivity (Wildman–Crippen MR) is 119 cm³/mol. The van der Waals surface area contributed by atoms with Crippen LogP contribution < -0.4 is 15.7 Å². The average Bonchev–Trinajstić information content (AvgIpc) is 2.78. The van der Waals surface area contributed by atoms with E-state index >= 15 is 0 Å². The molecule has 0 bridgehead atoms. The number of hydrogen-bond donors (Lipinski definition) is 1. The van der Waals surface area contributed by atoms with Gasteiger partial charge in [0.1, 0.15) is 23.6 Å². The zero-order valence-corrected chi connectivity index (χ0v) is 17.0. The quantitative estimate of drug-likeness (QED) is 0.266. The third-order valence-corrected chi connectivity index (χ3v) is 4.89. The molecule has 160 valence electrons. The number of amides is 1. The van der Waals surface area contributed by atoms with Gasteiger partial charge < -0.3 is 14.5 Å². The van der Waals surface area contributed by atoms with E-state index in [4.69, 9.17) is 9.15 Å². The van der Waals surface area contributed by atoms with Crippen LogP contribution in [-0.4, -0.2) is 10.8 Å². The van der Waals surface area contributed by atoms with E-state index in [0.29, 0.717) is 16.9 Å². The van der Waals surface area contributed by atoms with Crippen molar-refractivity contribution >= 4 is 28.3 Å². The molecule has 8 nitrogen and oxygen atoms in total. The summed E-state index contributed by atoms with van der Waals surface area (Å²) in [5, 5.41) is 14.5. The Morgan fingerprint density at radius 3 is 2.56 bits per heavy atom. The van der Waals surface area contributed by atoms with Crippen LogP contribution in [0, 0.1) is 17.0 Å². The van der Waals surface area contributed by atoms with Gasteiger partial charge >= 0.3 is 5.63 Å². The van der Waals surface area contributed by atoms with Crippen molar-refractivity contribution in [1.82, 2.24) is 0 Å². The smallest absolute Gasteiger partial charge is 0.336 e. The van der Waals surface area contributed by atoms with E-state index in [-0.39, 0.29) is 18.0 Å². The summed E-state index contributed by atoms with van der Waals surface area (Å²) in [4.78, 5) is 34.6. The molecule has 32 heavy (non-hydrogen) atoms. The number of ether oxygens (including phenoxy) is 1. The molecule has 0 aliphatic rings. The Hall–Kier alpha value is -4.46. The van der Waals surface area contributed by atoms with Crippen LogP contribution in [0.5, 0.6) is 5.75 Å². The highest BCUT2D eigenvalue weighted by Crippen LogP contribution is 2.25. The number of nitro benzene ring substituents is 1. The van der Waals surface area contributed by atoms with Gasteiger partial charge in [0.2, 0.25) is 0 Å². The van der Waals surface area contributed by atoms with Gasteiger partial charge in [-0.2, -0.15) is 0 Å². The lowest BCUT2D eigenvalue weighted by molar-refractivity contribution is -0.383. The summed E-state index contributed by atoms with van der Waals surface area (Å²) in [5.41, 5.74) is 2.00. The van der Waals surface area contributed by atoms with Crippen LogP contribution >= 0.6 is 0 Å². The minimum Gasteiger partial charge on any atom is -0.489 e. The molecule has 1 aromatic heterocycles. The number of carbonyl (C=O) groups excluding carboxylic acids is 1. The fourth-order valence-electron chi connectivity index (χ4n) is 3.25. The molecule has 8 heteroatoms. The summed E-state index contributed by atoms with van der Waals surface area (Å²) < 4.78 is 11.0. The first-order valence-electron chi connectivity index (χ1n) is 9.72. The average molecular weight is 430 g/mol. The Labute approximate surface area is 182 Å². The van der Waals surface area contributed by atoms with E-state index in [1.165, 1.54) is 24.3 Å². The van der Waals surface area contributed by atoms with Gasteiger partial charge in [0.25, 0.3) is 11.6 Å². The number of nitrogens with zero attached hydrogens (tertiary/aromatic N) is 1. The molecule has 4 rings (SSSR count). The molecule has 3 aromatic carbocycles. The summed E-state index contributed by atoms with van der Waals surface area (Å²) in [7, 11) is 0. The van der Waals surface area contributed by atoms with Gasteiger partial charge in [-0.15, -0.1) is 0 Å². The molecule has 0 aliphatic carbocycles. The highest BCUT2D eigenvalue weighted by molar-refractivity contribution is 6.05. The number of para-hydroxylation sites is 2. The Balaban J connectivity index is 1.43. The summed E-state index contributed by atoms with van der Waals surface area (Å²) in [6.07, 6.45) is 0. The largest absolute Gasteiger partial charge is 0.489 e. The predicted octanol–water partition coefficient (Wildman–Crippen LogP) is 4.84. The van der Waals surface area contributed by atoms with Crippen LogP contribution in [0.1, 0.15) is 21.5 Å². The number of anilines is 1. The van der Waals surface area contributed by atoms with Crippen molar-refractivity contribution in [2.75, 3.05) is 5.32 Å². The number of aryl methyl sites for hydroxylation is 1. The summed E-state index contributed by atoms with van der Waals surface area (Å²) in [6, 6.07) is 19.4. The molecule has 0 fully saturated rings. The fourth-order valence-corrected chi connectivity index (χ4v) is 3.25. The summed E-state index contributed by atoms with van der Waals surface area (Å²) in [6.45, 7) is 2.08. The van der Waals surface area contributed by atoms with E-state index < -0.39 is 16.5 Å². The number of benzene rings is 3. The Bertz CT molecular complexity index is 1380. The fraction of sp³-hybridized carbons (Fsp3) is 0.0833. The third kappa shape index (κ3) is 4.49. The molecule has 1 N–H and O–H groups in total. The van der Waals surface area contributed by atoms with Gasteiger partial charge in [-0.1, -0.05) is 24.3 Å². The monoisotopic (exact) mass is 430 g/mol. The molecule has 0 saturated heterocycles. The zero-order chi connectivity index (χ0) is 22.7. The van der Waals surface area contributed by atoms with Gasteiger partial charge in [0.05, 0.1) is 4.92 Å². The lowest BCUT2D eigenvalue weighted by atomic mass is 10.1. The van der Waals surface area contributed by atoms with Crippen molar-refractivity contribution < 1.29 is 18.9 Å². The molecule has 0 saturated carbocycles. The van der Waals surface area contributed by atoms with Gasteiger partial charge in [0, 0.05) is 29.1 Å². The number of fused-ring (bicyclic) bond motifs is 1. The molecule has 0 aliphatic heterocycles. The standard InChI is InChI=1S/C24H18N2O6/c1-15-12-23(27)32-22-13-18(10-11-19(15)22)31-14-16-6-8-17(9-7-16)24(28)25-20-4-2-3-5-21(20)26(29)30/h2-13H,14H2,1H3,(H,25,28). The summed E-state index contributed by atoms with van der Waals surface area (Å²) in [5.74, 6) is 0.0937. The normalized spacial score (nSPS) is 10.7. The summed E-state index contributed by atoms with van der Waals surface area (Å²) >= 11 is 0. The highest BCUT2D eigenvalue weighted by atomic mass is 16.6. The number of nitrogens with one attached hydrogen (secondary N) is 1. The van der Waals surface area contributed by atoms with Crippen LogP contribution in [0.2, 0.25) is 0 Å². The number of nitro groups is 1. The number of rotatable bonds is 6. The van der Waals surface area contributed by atoms with Crippen molar-refractivity contribution in [3.05, 3.63) is 110 Å². The van der Waals surface area contributed by atoms with Gasteiger partial charge in [-0.05, 0) is 48.4 Å². The van der Waals surface area contributed by atoms with Crippen molar-refractivity contribution in [3.8, 4) is 5.75 Å². The molecule has 1 amide bonds. The van der Waals surface area contributed by atoms with Gasteiger partial charge in [-0.25, -0.2) is 4.79 Å². The van der Waals surface area contributed by atoms with E-state index in [9.17, 15) is 19.7 Å². The Morgan fingerprint density at radius 1 is 1.06 bits per heavy atom. The molecule has 4 aromatic rings. The molecule has 0 unspecified atom stereocenters. The third-order valence-electron chi connectivity index (χ3n) is 4.89. The second-order valence-electron chi connectivity index (χ2n) is 7.12. The molecular weight excluding hydrogens is 412 g/mol. The molecule has 0 atom stereocenters. The first-order chi connectivity index (χ1) is 15.4. The number of carbonyl (C=O) groups is 1. The van der Waals surface area contributed by atoms with Crippen molar-refractivity contribution in [1.29, 1.82) is 0 Å². The molecule has 1 heterocycles. The second kappa shape index (κ2) is 8.73. The van der Waals surface area contributed by atoms with E-state index in [1.54, 1.807) is 42.5 Å².